The van der Waals surface area contributed by atoms with Crippen LogP contribution in [0.25, 0.3) is 0 Å². The maximum Gasteiger partial charge on any atom is 0.480 e. The third kappa shape index (κ3) is 6.31. The van der Waals surface area contributed by atoms with Gasteiger partial charge in [0.25, 0.3) is 0 Å². The third-order valence-corrected chi connectivity index (χ3v) is 14.0. The second kappa shape index (κ2) is 8.90. The largest absolute Gasteiger partial charge is 0.598 e. The Balaban J connectivity index is 2.34. The first-order valence-electron chi connectivity index (χ1n) is 12.0. The minimum absolute atomic E-state index is 0.143. The van der Waals surface area contributed by atoms with E-state index in [0.717, 1.165) is 19.3 Å². The molecule has 1 saturated heterocycles. The molecule has 1 N–H and O–H groups in total. The lowest BCUT2D eigenvalue weighted by atomic mass is 9.72. The molecule has 1 aliphatic carbocycles. The Bertz CT molecular complexity index is 608. The van der Waals surface area contributed by atoms with Gasteiger partial charge in [-0.15, -0.1) is 4.72 Å². The SMILES string of the molecule is CC(C)(C)[S+]([O-])NC(CC1(O[Si](C)(C)C(C)(C)C)CCCC1)B1OC(C)(C)C(C)(C)O1. The molecule has 182 valence electrons. The molecule has 0 aromatic carbocycles. The highest BCUT2D eigenvalue weighted by Gasteiger charge is 2.57. The summed E-state index contributed by atoms with van der Waals surface area (Å²) >= 11 is -1.23. The van der Waals surface area contributed by atoms with Crippen molar-refractivity contribution in [1.82, 2.24) is 4.72 Å². The average Bonchev–Trinajstić information content (AvgIpc) is 3.06. The molecule has 2 unspecified atom stereocenters. The highest BCUT2D eigenvalue weighted by Crippen LogP contribution is 2.47. The zero-order valence-electron chi connectivity index (χ0n) is 22.2. The minimum Gasteiger partial charge on any atom is -0.598 e. The van der Waals surface area contributed by atoms with Crippen LogP contribution in [0.1, 0.15) is 101 Å². The Labute approximate surface area is 196 Å². The van der Waals surface area contributed by atoms with Crippen LogP contribution in [0.4, 0.5) is 0 Å². The lowest BCUT2D eigenvalue weighted by molar-refractivity contribution is 0.00578. The molecule has 0 spiro atoms. The normalized spacial score (nSPS) is 25.6. The van der Waals surface area contributed by atoms with Crippen LogP contribution >= 0.6 is 0 Å². The Kier molecular flexibility index (Phi) is 7.94. The fourth-order valence-electron chi connectivity index (χ4n) is 4.02. The minimum atomic E-state index is -1.97. The van der Waals surface area contributed by atoms with Crippen molar-refractivity contribution in [1.29, 1.82) is 0 Å². The average molecular weight is 474 g/mol. The molecule has 2 rings (SSSR count). The number of hydrogen-bond acceptors (Lipinski definition) is 5. The van der Waals surface area contributed by atoms with Crippen LogP contribution in [0.3, 0.4) is 0 Å². The lowest BCUT2D eigenvalue weighted by Gasteiger charge is -2.45. The van der Waals surface area contributed by atoms with E-state index >= 15 is 0 Å². The predicted octanol–water partition coefficient (Wildman–Crippen LogP) is 5.76. The van der Waals surface area contributed by atoms with Crippen molar-refractivity contribution in [3.8, 4) is 0 Å². The van der Waals surface area contributed by atoms with Gasteiger partial charge >= 0.3 is 7.12 Å². The molecular formula is C23H48BNO4SSi. The van der Waals surface area contributed by atoms with Gasteiger partial charge in [-0.25, -0.2) is 0 Å². The van der Waals surface area contributed by atoms with Crippen LogP contribution < -0.4 is 4.72 Å². The van der Waals surface area contributed by atoms with Gasteiger partial charge in [0.15, 0.2) is 8.32 Å². The molecule has 1 aliphatic heterocycles. The van der Waals surface area contributed by atoms with Gasteiger partial charge in [-0.2, -0.15) is 0 Å². The highest BCUT2D eigenvalue weighted by atomic mass is 32.2. The van der Waals surface area contributed by atoms with E-state index in [4.69, 9.17) is 13.7 Å². The van der Waals surface area contributed by atoms with E-state index in [1.165, 1.54) is 12.8 Å². The topological polar surface area (TPSA) is 62.8 Å². The fourth-order valence-corrected chi connectivity index (χ4v) is 6.52. The van der Waals surface area contributed by atoms with Crippen molar-refractivity contribution in [2.75, 3.05) is 0 Å². The van der Waals surface area contributed by atoms with E-state index in [2.05, 4.69) is 66.3 Å². The van der Waals surface area contributed by atoms with Crippen molar-refractivity contribution in [3.63, 3.8) is 0 Å². The summed E-state index contributed by atoms with van der Waals surface area (Å²) in [6, 6.07) is 0. The molecule has 1 saturated carbocycles. The van der Waals surface area contributed by atoms with Crippen molar-refractivity contribution < 1.29 is 18.3 Å². The summed E-state index contributed by atoms with van der Waals surface area (Å²) in [5, 5.41) is 0.143. The van der Waals surface area contributed by atoms with E-state index < -0.39 is 38.0 Å². The smallest absolute Gasteiger partial charge is 0.480 e. The zero-order chi connectivity index (χ0) is 24.1. The first kappa shape index (κ1) is 27.7. The van der Waals surface area contributed by atoms with E-state index in [1.807, 2.05) is 20.8 Å². The van der Waals surface area contributed by atoms with Gasteiger partial charge in [-0.1, -0.05) is 33.6 Å². The Morgan fingerprint density at radius 2 is 1.45 bits per heavy atom. The monoisotopic (exact) mass is 473 g/mol. The summed E-state index contributed by atoms with van der Waals surface area (Å²) < 4.78 is 36.1. The van der Waals surface area contributed by atoms with E-state index in [9.17, 15) is 4.55 Å². The van der Waals surface area contributed by atoms with Crippen molar-refractivity contribution in [3.05, 3.63) is 0 Å². The standard InChI is InChI=1S/C23H48BNO4SSi/c1-19(2,3)30(26)25-18(24-27-21(7,8)22(9,10)28-24)17-23(15-13-14-16-23)29-31(11,12)20(4,5)6/h18,25H,13-17H2,1-12H3. The van der Waals surface area contributed by atoms with Crippen LogP contribution in [0, 0.1) is 0 Å². The second-order valence-electron chi connectivity index (χ2n) is 13.2. The Hall–Kier alpha value is 0.432. The molecule has 2 atom stereocenters. The molecule has 0 amide bonds. The van der Waals surface area contributed by atoms with Gasteiger partial charge in [0, 0.05) is 11.4 Å². The molecular weight excluding hydrogens is 425 g/mol. The Morgan fingerprint density at radius 3 is 1.84 bits per heavy atom. The van der Waals surface area contributed by atoms with Gasteiger partial charge in [0.05, 0.1) is 22.7 Å². The van der Waals surface area contributed by atoms with Crippen molar-refractivity contribution >= 4 is 26.8 Å². The van der Waals surface area contributed by atoms with Crippen LogP contribution in [-0.2, 0) is 25.1 Å². The van der Waals surface area contributed by atoms with Crippen LogP contribution in [-0.4, -0.2) is 47.5 Å². The van der Waals surface area contributed by atoms with Crippen LogP contribution in [0.5, 0.6) is 0 Å². The molecule has 1 heterocycles. The van der Waals surface area contributed by atoms with E-state index in [1.54, 1.807) is 0 Å². The first-order chi connectivity index (χ1) is 13.7. The van der Waals surface area contributed by atoms with Crippen molar-refractivity contribution in [2.24, 2.45) is 0 Å². The van der Waals surface area contributed by atoms with Gasteiger partial charge < -0.3 is 18.3 Å². The molecule has 0 radical (unpaired) electrons. The first-order valence-corrected chi connectivity index (χ1v) is 16.0. The highest BCUT2D eigenvalue weighted by molar-refractivity contribution is 7.90. The number of rotatable bonds is 7. The van der Waals surface area contributed by atoms with Gasteiger partial charge in [0.1, 0.15) is 4.75 Å². The van der Waals surface area contributed by atoms with E-state index in [0.29, 0.717) is 0 Å². The summed E-state index contributed by atoms with van der Waals surface area (Å²) in [6.45, 7) is 25.8. The molecule has 5 nitrogen and oxygen atoms in total. The quantitative estimate of drug-likeness (QED) is 0.376. The predicted molar refractivity (Wildman–Crippen MR) is 135 cm³/mol. The summed E-state index contributed by atoms with van der Waals surface area (Å²) in [4.78, 5) is 0. The molecule has 31 heavy (non-hydrogen) atoms. The van der Waals surface area contributed by atoms with E-state index in [-0.39, 0.29) is 21.3 Å². The summed E-state index contributed by atoms with van der Waals surface area (Å²) in [6.07, 6.45) is 5.18. The number of hydrogen-bond donors (Lipinski definition) is 1. The second-order valence-corrected chi connectivity index (χ2v) is 19.9. The zero-order valence-corrected chi connectivity index (χ0v) is 24.0. The summed E-state index contributed by atoms with van der Waals surface area (Å²) in [5.74, 6) is -0.205. The maximum atomic E-state index is 13.1. The fraction of sp³-hybridized carbons (Fsp3) is 1.00. The summed E-state index contributed by atoms with van der Waals surface area (Å²) in [7, 11) is -2.43. The molecule has 2 fully saturated rings. The molecule has 0 aromatic rings. The summed E-state index contributed by atoms with van der Waals surface area (Å²) in [5.41, 5.74) is -1.07. The molecule has 2 aliphatic rings. The van der Waals surface area contributed by atoms with Crippen LogP contribution in [0.2, 0.25) is 18.1 Å². The van der Waals surface area contributed by atoms with Crippen LogP contribution in [0.15, 0.2) is 0 Å². The van der Waals surface area contributed by atoms with Gasteiger partial charge in [-0.3, -0.25) is 0 Å². The van der Waals surface area contributed by atoms with Gasteiger partial charge in [-0.05, 0) is 85.9 Å². The molecule has 0 bridgehead atoms. The van der Waals surface area contributed by atoms with Gasteiger partial charge in [0.2, 0.25) is 0 Å². The lowest BCUT2D eigenvalue weighted by Crippen LogP contribution is -2.57. The maximum absolute atomic E-state index is 13.1. The molecule has 8 heteroatoms. The van der Waals surface area contributed by atoms with Crippen molar-refractivity contribution in [2.45, 2.75) is 147 Å². The Morgan fingerprint density at radius 1 is 1.00 bits per heavy atom. The molecule has 0 aromatic heterocycles. The third-order valence-electron chi connectivity index (χ3n) is 7.80. The number of nitrogens with one attached hydrogen (secondary N) is 1.